The molecule has 2 atom stereocenters. The lowest BCUT2D eigenvalue weighted by atomic mass is 9.83. The summed E-state index contributed by atoms with van der Waals surface area (Å²) in [7, 11) is 0. The third kappa shape index (κ3) is 5.59. The first-order valence-corrected chi connectivity index (χ1v) is 10.5. The monoisotopic (exact) mass is 411 g/mol. The van der Waals surface area contributed by atoms with Crippen LogP contribution in [0.1, 0.15) is 42.9 Å². The van der Waals surface area contributed by atoms with Gasteiger partial charge in [-0.15, -0.1) is 0 Å². The number of likely N-dealkylation sites (tertiary alicyclic amines) is 1. The Morgan fingerprint density at radius 3 is 2.60 bits per heavy atom. The molecule has 0 bridgehead atoms. The molecule has 6 heteroatoms. The van der Waals surface area contributed by atoms with Crippen molar-refractivity contribution in [1.29, 1.82) is 0 Å². The Kier molecular flexibility index (Phi) is 7.08. The van der Waals surface area contributed by atoms with E-state index in [0.717, 1.165) is 11.1 Å². The van der Waals surface area contributed by atoms with Crippen molar-refractivity contribution in [2.24, 2.45) is 5.92 Å². The second kappa shape index (κ2) is 9.74. The molecule has 0 aliphatic carbocycles. The highest BCUT2D eigenvalue weighted by Crippen LogP contribution is 2.31. The van der Waals surface area contributed by atoms with Gasteiger partial charge in [0.05, 0.1) is 5.92 Å². The molecular formula is C24H30FN3O2. The van der Waals surface area contributed by atoms with Crippen LogP contribution in [-0.4, -0.2) is 36.0 Å². The van der Waals surface area contributed by atoms with Crippen molar-refractivity contribution in [2.45, 2.75) is 45.7 Å². The quantitative estimate of drug-likeness (QED) is 0.782. The van der Waals surface area contributed by atoms with Gasteiger partial charge in [0.15, 0.2) is 0 Å². The molecule has 0 aromatic heterocycles. The van der Waals surface area contributed by atoms with E-state index in [2.05, 4.69) is 22.8 Å². The minimum absolute atomic E-state index is 0.0187. The van der Waals surface area contributed by atoms with E-state index in [4.69, 9.17) is 0 Å². The molecule has 1 aliphatic heterocycles. The largest absolute Gasteiger partial charge is 0.352 e. The van der Waals surface area contributed by atoms with Crippen molar-refractivity contribution in [3.63, 3.8) is 0 Å². The van der Waals surface area contributed by atoms with E-state index in [9.17, 15) is 14.0 Å². The Morgan fingerprint density at radius 1 is 1.13 bits per heavy atom. The number of carbonyl (C=O) groups excluding carboxylic acids is 2. The number of aryl methyl sites for hydroxylation is 1. The first kappa shape index (κ1) is 21.8. The van der Waals surface area contributed by atoms with E-state index < -0.39 is 0 Å². The van der Waals surface area contributed by atoms with Crippen LogP contribution in [0.5, 0.6) is 0 Å². The summed E-state index contributed by atoms with van der Waals surface area (Å²) in [6, 6.07) is 14.5. The van der Waals surface area contributed by atoms with Crippen LogP contribution in [0.2, 0.25) is 0 Å². The number of halogens is 1. The van der Waals surface area contributed by atoms with Crippen LogP contribution in [0, 0.1) is 18.7 Å². The van der Waals surface area contributed by atoms with Gasteiger partial charge in [-0.2, -0.15) is 0 Å². The molecule has 3 rings (SSSR count). The Labute approximate surface area is 177 Å². The van der Waals surface area contributed by atoms with Crippen molar-refractivity contribution < 1.29 is 14.0 Å². The summed E-state index contributed by atoms with van der Waals surface area (Å²) >= 11 is 0. The predicted octanol–water partition coefficient (Wildman–Crippen LogP) is 3.97. The van der Waals surface area contributed by atoms with Crippen LogP contribution in [0.25, 0.3) is 0 Å². The van der Waals surface area contributed by atoms with Crippen LogP contribution in [-0.2, 0) is 11.3 Å². The molecule has 0 saturated carbocycles. The molecule has 2 aromatic rings. The van der Waals surface area contributed by atoms with Gasteiger partial charge in [-0.3, -0.25) is 4.79 Å². The normalized spacial score (nSPS) is 18.9. The molecule has 30 heavy (non-hydrogen) atoms. The number of hydrogen-bond donors (Lipinski definition) is 2. The number of carbonyl (C=O) groups is 2. The minimum Gasteiger partial charge on any atom is -0.352 e. The summed E-state index contributed by atoms with van der Waals surface area (Å²) < 4.78 is 13.9. The Balaban J connectivity index is 1.75. The summed E-state index contributed by atoms with van der Waals surface area (Å²) in [5, 5.41) is 5.78. The second-order valence-corrected chi connectivity index (χ2v) is 8.36. The Hall–Kier alpha value is -2.89. The molecule has 1 aliphatic rings. The van der Waals surface area contributed by atoms with E-state index in [1.54, 1.807) is 23.1 Å². The highest BCUT2D eigenvalue weighted by molar-refractivity contribution is 5.81. The topological polar surface area (TPSA) is 61.4 Å². The SMILES string of the molecule is Cc1cccc([C@H]2C[C@@H](C(=O)NCc3ccccc3F)CN(C(=O)NC(C)C)C2)c1. The number of benzene rings is 2. The van der Waals surface area contributed by atoms with Gasteiger partial charge < -0.3 is 15.5 Å². The summed E-state index contributed by atoms with van der Waals surface area (Å²) in [5.41, 5.74) is 2.73. The average molecular weight is 412 g/mol. The maximum absolute atomic E-state index is 13.9. The van der Waals surface area contributed by atoms with Crippen molar-refractivity contribution in [3.8, 4) is 0 Å². The van der Waals surface area contributed by atoms with Crippen molar-refractivity contribution in [3.05, 3.63) is 71.0 Å². The fourth-order valence-corrected chi connectivity index (χ4v) is 3.93. The van der Waals surface area contributed by atoms with Gasteiger partial charge in [0.2, 0.25) is 5.91 Å². The van der Waals surface area contributed by atoms with E-state index in [1.807, 2.05) is 32.9 Å². The molecule has 1 fully saturated rings. The van der Waals surface area contributed by atoms with E-state index in [1.165, 1.54) is 6.07 Å². The highest BCUT2D eigenvalue weighted by atomic mass is 19.1. The predicted molar refractivity (Wildman–Crippen MR) is 116 cm³/mol. The van der Waals surface area contributed by atoms with E-state index >= 15 is 0 Å². The van der Waals surface area contributed by atoms with Gasteiger partial charge >= 0.3 is 6.03 Å². The third-order valence-electron chi connectivity index (χ3n) is 5.45. The average Bonchev–Trinajstić information content (AvgIpc) is 2.72. The number of hydrogen-bond acceptors (Lipinski definition) is 2. The molecule has 0 radical (unpaired) electrons. The molecule has 2 N–H and O–H groups in total. The fraction of sp³-hybridized carbons (Fsp3) is 0.417. The maximum Gasteiger partial charge on any atom is 0.317 e. The van der Waals surface area contributed by atoms with Gasteiger partial charge in [-0.05, 0) is 38.8 Å². The summed E-state index contributed by atoms with van der Waals surface area (Å²) in [5.74, 6) is -0.773. The number of amides is 3. The van der Waals surface area contributed by atoms with Gasteiger partial charge in [-0.1, -0.05) is 48.0 Å². The first-order valence-electron chi connectivity index (χ1n) is 10.5. The molecule has 1 heterocycles. The molecular weight excluding hydrogens is 381 g/mol. The van der Waals surface area contributed by atoms with E-state index in [0.29, 0.717) is 25.1 Å². The van der Waals surface area contributed by atoms with Gasteiger partial charge in [-0.25, -0.2) is 9.18 Å². The molecule has 0 unspecified atom stereocenters. The molecule has 3 amide bonds. The smallest absolute Gasteiger partial charge is 0.317 e. The Bertz CT molecular complexity index is 900. The van der Waals surface area contributed by atoms with E-state index in [-0.39, 0.29) is 42.2 Å². The Morgan fingerprint density at radius 2 is 1.90 bits per heavy atom. The zero-order valence-corrected chi connectivity index (χ0v) is 17.8. The lowest BCUT2D eigenvalue weighted by Gasteiger charge is -2.38. The fourth-order valence-electron chi connectivity index (χ4n) is 3.93. The van der Waals surface area contributed by atoms with Gasteiger partial charge in [0, 0.05) is 37.2 Å². The van der Waals surface area contributed by atoms with Crippen LogP contribution in [0.15, 0.2) is 48.5 Å². The van der Waals surface area contributed by atoms with Crippen molar-refractivity contribution in [2.75, 3.05) is 13.1 Å². The zero-order valence-electron chi connectivity index (χ0n) is 17.8. The molecule has 2 aromatic carbocycles. The van der Waals surface area contributed by atoms with Crippen LogP contribution in [0.3, 0.4) is 0 Å². The highest BCUT2D eigenvalue weighted by Gasteiger charge is 2.34. The molecule has 0 spiro atoms. The lowest BCUT2D eigenvalue weighted by Crippen LogP contribution is -2.52. The standard InChI is InChI=1S/C24H30FN3O2/c1-16(2)27-24(30)28-14-20(18-9-6-7-17(3)11-18)12-21(15-28)23(29)26-13-19-8-4-5-10-22(19)25/h4-11,16,20-21H,12-15H2,1-3H3,(H,26,29)(H,27,30)/t20-,21+/m0/s1. The maximum atomic E-state index is 13.9. The summed E-state index contributed by atoms with van der Waals surface area (Å²) in [6.45, 7) is 6.92. The molecule has 1 saturated heterocycles. The minimum atomic E-state index is -0.353. The van der Waals surface area contributed by atoms with Crippen molar-refractivity contribution >= 4 is 11.9 Å². The summed E-state index contributed by atoms with van der Waals surface area (Å²) in [4.78, 5) is 27.3. The second-order valence-electron chi connectivity index (χ2n) is 8.36. The molecule has 5 nitrogen and oxygen atoms in total. The lowest BCUT2D eigenvalue weighted by molar-refractivity contribution is -0.126. The van der Waals surface area contributed by atoms with Gasteiger partial charge in [0.25, 0.3) is 0 Å². The number of rotatable bonds is 5. The number of nitrogens with one attached hydrogen (secondary N) is 2. The third-order valence-corrected chi connectivity index (χ3v) is 5.45. The number of nitrogens with zero attached hydrogens (tertiary/aromatic N) is 1. The molecule has 160 valence electrons. The van der Waals surface area contributed by atoms with Gasteiger partial charge in [0.1, 0.15) is 5.82 Å². The van der Waals surface area contributed by atoms with Crippen molar-refractivity contribution in [1.82, 2.24) is 15.5 Å². The van der Waals surface area contributed by atoms with Crippen LogP contribution in [0.4, 0.5) is 9.18 Å². The summed E-state index contributed by atoms with van der Waals surface area (Å²) in [6.07, 6.45) is 0.651. The van der Waals surface area contributed by atoms with Crippen LogP contribution < -0.4 is 10.6 Å². The first-order chi connectivity index (χ1) is 14.3. The number of urea groups is 1. The number of piperidine rings is 1. The van der Waals surface area contributed by atoms with Crippen LogP contribution >= 0.6 is 0 Å². The zero-order chi connectivity index (χ0) is 21.7.